The second kappa shape index (κ2) is 5.28. The molecule has 0 heterocycles. The van der Waals surface area contributed by atoms with Crippen molar-refractivity contribution in [2.24, 2.45) is 0 Å². The first-order valence-corrected chi connectivity index (χ1v) is 6.31. The lowest BCUT2D eigenvalue weighted by atomic mass is 10.0. The Kier molecular flexibility index (Phi) is 4.45. The van der Waals surface area contributed by atoms with Crippen LogP contribution < -0.4 is 0 Å². The van der Waals surface area contributed by atoms with Gasteiger partial charge in [0.15, 0.2) is 0 Å². The molecule has 0 radical (unpaired) electrons. The smallest absolute Gasteiger partial charge is 0.254 e. The fourth-order valence-electron chi connectivity index (χ4n) is 1.28. The van der Waals surface area contributed by atoms with E-state index in [1.165, 1.54) is 0 Å². The molecule has 0 saturated heterocycles. The molecule has 4 heteroatoms. The van der Waals surface area contributed by atoms with Crippen LogP contribution in [0.2, 0.25) is 5.02 Å². The van der Waals surface area contributed by atoms with E-state index in [4.69, 9.17) is 23.2 Å². The average molecular weight is 274 g/mol. The molecule has 0 N–H and O–H groups in total. The van der Waals surface area contributed by atoms with Crippen LogP contribution in [0.15, 0.2) is 18.2 Å². The molecular formula is C13H17Cl2NO. The van der Waals surface area contributed by atoms with Crippen LogP contribution in [0.1, 0.15) is 29.8 Å². The molecule has 0 aliphatic carbocycles. The average Bonchev–Trinajstić information content (AvgIpc) is 2.30. The Labute approximate surface area is 113 Å². The second-order valence-electron chi connectivity index (χ2n) is 4.77. The van der Waals surface area contributed by atoms with Crippen LogP contribution in [0.5, 0.6) is 0 Å². The van der Waals surface area contributed by atoms with E-state index in [2.05, 4.69) is 0 Å². The molecule has 0 saturated carbocycles. The number of nitrogens with zero attached hydrogens (tertiary/aromatic N) is 1. The van der Waals surface area contributed by atoms with Crippen LogP contribution in [-0.4, -0.2) is 29.3 Å². The number of alkyl halides is 1. The summed E-state index contributed by atoms with van der Waals surface area (Å²) in [4.78, 5) is 13.9. The molecule has 0 atom stereocenters. The van der Waals surface area contributed by atoms with Gasteiger partial charge < -0.3 is 4.90 Å². The van der Waals surface area contributed by atoms with Gasteiger partial charge in [-0.05, 0) is 38.5 Å². The van der Waals surface area contributed by atoms with Crippen LogP contribution >= 0.6 is 23.2 Å². The topological polar surface area (TPSA) is 20.3 Å². The molecule has 1 aromatic rings. The number of aryl methyl sites for hydroxylation is 1. The monoisotopic (exact) mass is 273 g/mol. The molecular weight excluding hydrogens is 257 g/mol. The van der Waals surface area contributed by atoms with E-state index in [-0.39, 0.29) is 11.4 Å². The SMILES string of the molecule is Cc1ccc(C(=O)N(C)C(C)(C)CCl)cc1Cl. The molecule has 0 unspecified atom stereocenters. The highest BCUT2D eigenvalue weighted by Gasteiger charge is 2.27. The summed E-state index contributed by atoms with van der Waals surface area (Å²) in [7, 11) is 1.75. The maximum Gasteiger partial charge on any atom is 0.254 e. The quantitative estimate of drug-likeness (QED) is 0.769. The normalized spacial score (nSPS) is 11.4. The van der Waals surface area contributed by atoms with Crippen molar-refractivity contribution < 1.29 is 4.79 Å². The van der Waals surface area contributed by atoms with E-state index >= 15 is 0 Å². The van der Waals surface area contributed by atoms with E-state index in [0.29, 0.717) is 16.5 Å². The molecule has 1 rings (SSSR count). The fraction of sp³-hybridized carbons (Fsp3) is 0.462. The summed E-state index contributed by atoms with van der Waals surface area (Å²) >= 11 is 11.9. The van der Waals surface area contributed by atoms with E-state index in [9.17, 15) is 4.79 Å². The number of amides is 1. The lowest BCUT2D eigenvalue weighted by Crippen LogP contribution is -2.46. The minimum absolute atomic E-state index is 0.0717. The van der Waals surface area contributed by atoms with Crippen molar-refractivity contribution in [2.75, 3.05) is 12.9 Å². The number of carbonyl (C=O) groups is 1. The van der Waals surface area contributed by atoms with Gasteiger partial charge in [0, 0.05) is 23.5 Å². The molecule has 0 fully saturated rings. The molecule has 0 aliphatic rings. The Bertz CT molecular complexity index is 429. The first kappa shape index (κ1) is 14.3. The maximum atomic E-state index is 12.2. The highest BCUT2D eigenvalue weighted by molar-refractivity contribution is 6.31. The number of hydrogen-bond donors (Lipinski definition) is 0. The number of carbonyl (C=O) groups excluding carboxylic acids is 1. The number of benzene rings is 1. The molecule has 94 valence electrons. The Morgan fingerprint density at radius 2 is 2.00 bits per heavy atom. The van der Waals surface area contributed by atoms with E-state index in [0.717, 1.165) is 5.56 Å². The Hall–Kier alpha value is -0.730. The van der Waals surface area contributed by atoms with Crippen molar-refractivity contribution in [1.29, 1.82) is 0 Å². The first-order valence-electron chi connectivity index (χ1n) is 5.40. The summed E-state index contributed by atoms with van der Waals surface area (Å²) in [5, 5.41) is 0.605. The highest BCUT2D eigenvalue weighted by atomic mass is 35.5. The fourth-order valence-corrected chi connectivity index (χ4v) is 1.64. The van der Waals surface area contributed by atoms with Crippen LogP contribution in [0, 0.1) is 6.92 Å². The molecule has 17 heavy (non-hydrogen) atoms. The summed E-state index contributed by atoms with van der Waals surface area (Å²) < 4.78 is 0. The van der Waals surface area contributed by atoms with Crippen LogP contribution in [-0.2, 0) is 0 Å². The van der Waals surface area contributed by atoms with Gasteiger partial charge in [0.25, 0.3) is 5.91 Å². The molecule has 0 bridgehead atoms. The predicted molar refractivity (Wildman–Crippen MR) is 73.1 cm³/mol. The van der Waals surface area contributed by atoms with Crippen molar-refractivity contribution in [1.82, 2.24) is 4.90 Å². The van der Waals surface area contributed by atoms with Crippen LogP contribution in [0.3, 0.4) is 0 Å². The zero-order valence-electron chi connectivity index (χ0n) is 10.6. The molecule has 1 aromatic carbocycles. The lowest BCUT2D eigenvalue weighted by molar-refractivity contribution is 0.0660. The standard InChI is InChI=1S/C13H17Cl2NO/c1-9-5-6-10(7-11(9)15)12(17)16(4)13(2,3)8-14/h5-7H,8H2,1-4H3. The van der Waals surface area contributed by atoms with Crippen molar-refractivity contribution in [2.45, 2.75) is 26.3 Å². The largest absolute Gasteiger partial charge is 0.335 e. The van der Waals surface area contributed by atoms with Gasteiger partial charge in [-0.2, -0.15) is 0 Å². The van der Waals surface area contributed by atoms with E-state index < -0.39 is 0 Å². The predicted octanol–water partition coefficient (Wildman–Crippen LogP) is 3.74. The summed E-state index contributed by atoms with van der Waals surface area (Å²) in [6, 6.07) is 5.32. The Balaban J connectivity index is 3.01. The molecule has 1 amide bonds. The van der Waals surface area contributed by atoms with Gasteiger partial charge >= 0.3 is 0 Å². The number of hydrogen-bond acceptors (Lipinski definition) is 1. The highest BCUT2D eigenvalue weighted by Crippen LogP contribution is 2.21. The van der Waals surface area contributed by atoms with Gasteiger partial charge in [0.2, 0.25) is 0 Å². The third kappa shape index (κ3) is 3.14. The van der Waals surface area contributed by atoms with Crippen molar-refractivity contribution >= 4 is 29.1 Å². The zero-order valence-corrected chi connectivity index (χ0v) is 12.1. The Morgan fingerprint density at radius 1 is 1.41 bits per heavy atom. The lowest BCUT2D eigenvalue weighted by Gasteiger charge is -2.34. The summed E-state index contributed by atoms with van der Waals surface area (Å²) in [6.07, 6.45) is 0. The van der Waals surface area contributed by atoms with Gasteiger partial charge in [-0.25, -0.2) is 0 Å². The second-order valence-corrected chi connectivity index (χ2v) is 5.45. The van der Waals surface area contributed by atoms with Crippen molar-refractivity contribution in [3.63, 3.8) is 0 Å². The van der Waals surface area contributed by atoms with Gasteiger partial charge in [-0.1, -0.05) is 17.7 Å². The summed E-state index contributed by atoms with van der Waals surface area (Å²) in [6.45, 7) is 5.75. The van der Waals surface area contributed by atoms with Crippen LogP contribution in [0.25, 0.3) is 0 Å². The molecule has 0 spiro atoms. The molecule has 0 aliphatic heterocycles. The third-order valence-electron chi connectivity index (χ3n) is 2.96. The molecule has 0 aromatic heterocycles. The van der Waals surface area contributed by atoms with Gasteiger partial charge in [0.05, 0.1) is 5.54 Å². The number of rotatable bonds is 3. The zero-order chi connectivity index (χ0) is 13.2. The van der Waals surface area contributed by atoms with Crippen LogP contribution in [0.4, 0.5) is 0 Å². The van der Waals surface area contributed by atoms with E-state index in [1.807, 2.05) is 26.8 Å². The summed E-state index contributed by atoms with van der Waals surface area (Å²) in [5.74, 6) is 0.312. The third-order valence-corrected chi connectivity index (χ3v) is 4.02. The maximum absolute atomic E-state index is 12.2. The van der Waals surface area contributed by atoms with Gasteiger partial charge in [-0.3, -0.25) is 4.79 Å². The van der Waals surface area contributed by atoms with Gasteiger partial charge in [0.1, 0.15) is 0 Å². The molecule has 2 nitrogen and oxygen atoms in total. The van der Waals surface area contributed by atoms with E-state index in [1.54, 1.807) is 24.1 Å². The minimum atomic E-state index is -0.379. The van der Waals surface area contributed by atoms with Gasteiger partial charge in [-0.15, -0.1) is 11.6 Å². The summed E-state index contributed by atoms with van der Waals surface area (Å²) in [5.41, 5.74) is 1.17. The minimum Gasteiger partial charge on any atom is -0.335 e. The van der Waals surface area contributed by atoms with Crippen molar-refractivity contribution in [3.8, 4) is 0 Å². The van der Waals surface area contributed by atoms with Crippen molar-refractivity contribution in [3.05, 3.63) is 34.3 Å². The Morgan fingerprint density at radius 3 is 2.47 bits per heavy atom. The first-order chi connectivity index (χ1) is 7.79. The number of halogens is 2.